The summed E-state index contributed by atoms with van der Waals surface area (Å²) in [4.78, 5) is 22.0. The Labute approximate surface area is 129 Å². The number of amides is 1. The van der Waals surface area contributed by atoms with Gasteiger partial charge in [-0.2, -0.15) is 5.10 Å². The minimum Gasteiger partial charge on any atom is -0.273 e. The highest BCUT2D eigenvalue weighted by atomic mass is 16.6. The van der Waals surface area contributed by atoms with E-state index in [-0.39, 0.29) is 17.5 Å². The smallest absolute Gasteiger partial charge is 0.269 e. The summed E-state index contributed by atoms with van der Waals surface area (Å²) >= 11 is 0. The summed E-state index contributed by atoms with van der Waals surface area (Å²) in [6.45, 7) is 2.17. The van der Waals surface area contributed by atoms with Crippen LogP contribution in [-0.4, -0.2) is 17.0 Å². The Morgan fingerprint density at radius 2 is 2.14 bits per heavy atom. The van der Waals surface area contributed by atoms with E-state index in [0.717, 1.165) is 12.8 Å². The van der Waals surface area contributed by atoms with E-state index in [1.807, 2.05) is 0 Å². The maximum Gasteiger partial charge on any atom is 0.269 e. The van der Waals surface area contributed by atoms with Crippen molar-refractivity contribution < 1.29 is 9.72 Å². The van der Waals surface area contributed by atoms with Crippen molar-refractivity contribution in [2.24, 2.45) is 16.9 Å². The SMILES string of the molecule is CCCCC[C@H]1C[C@H]1C(=O)N/N=C\c1ccc([N+](=O)[O-])cc1. The van der Waals surface area contributed by atoms with Crippen molar-refractivity contribution in [2.45, 2.75) is 39.0 Å². The molecule has 1 fully saturated rings. The molecule has 1 amide bonds. The van der Waals surface area contributed by atoms with E-state index in [1.165, 1.54) is 37.6 Å². The maximum absolute atomic E-state index is 11.9. The molecule has 6 nitrogen and oxygen atoms in total. The van der Waals surface area contributed by atoms with Gasteiger partial charge in [0.05, 0.1) is 11.1 Å². The normalized spacial score (nSPS) is 20.0. The Balaban J connectivity index is 1.73. The number of rotatable bonds is 8. The molecule has 0 unspecified atom stereocenters. The third kappa shape index (κ3) is 4.65. The monoisotopic (exact) mass is 303 g/mol. The van der Waals surface area contributed by atoms with Gasteiger partial charge in [0, 0.05) is 18.1 Å². The summed E-state index contributed by atoms with van der Waals surface area (Å²) in [5.41, 5.74) is 3.29. The molecule has 1 N–H and O–H groups in total. The average Bonchev–Trinajstić information content (AvgIpc) is 3.27. The molecule has 0 heterocycles. The third-order valence-electron chi connectivity index (χ3n) is 3.93. The number of unbranched alkanes of at least 4 members (excludes halogenated alkanes) is 2. The number of carbonyl (C=O) groups is 1. The Kier molecular flexibility index (Phi) is 5.63. The first-order chi connectivity index (χ1) is 10.6. The number of benzene rings is 1. The summed E-state index contributed by atoms with van der Waals surface area (Å²) in [5, 5.41) is 14.5. The summed E-state index contributed by atoms with van der Waals surface area (Å²) in [5.74, 6) is 0.589. The van der Waals surface area contributed by atoms with Crippen molar-refractivity contribution >= 4 is 17.8 Å². The number of nitro groups is 1. The lowest BCUT2D eigenvalue weighted by atomic mass is 10.1. The predicted octanol–water partition coefficient (Wildman–Crippen LogP) is 3.26. The molecule has 0 radical (unpaired) electrons. The fourth-order valence-corrected chi connectivity index (χ4v) is 2.48. The highest BCUT2D eigenvalue weighted by Gasteiger charge is 2.41. The lowest BCUT2D eigenvalue weighted by molar-refractivity contribution is -0.384. The maximum atomic E-state index is 11.9. The minimum atomic E-state index is -0.450. The van der Waals surface area contributed by atoms with Gasteiger partial charge in [-0.3, -0.25) is 14.9 Å². The van der Waals surface area contributed by atoms with Crippen LogP contribution >= 0.6 is 0 Å². The molecular weight excluding hydrogens is 282 g/mol. The fraction of sp³-hybridized carbons (Fsp3) is 0.500. The van der Waals surface area contributed by atoms with Gasteiger partial charge in [0.25, 0.3) is 5.69 Å². The number of nitro benzene ring substituents is 1. The van der Waals surface area contributed by atoms with E-state index in [0.29, 0.717) is 11.5 Å². The molecule has 6 heteroatoms. The molecule has 0 spiro atoms. The van der Waals surface area contributed by atoms with Crippen LogP contribution in [-0.2, 0) is 4.79 Å². The number of non-ortho nitro benzene ring substituents is 1. The molecule has 2 rings (SSSR count). The highest BCUT2D eigenvalue weighted by molar-refractivity contribution is 5.84. The van der Waals surface area contributed by atoms with Crippen molar-refractivity contribution in [1.82, 2.24) is 5.43 Å². The second kappa shape index (κ2) is 7.68. The van der Waals surface area contributed by atoms with Crippen LogP contribution < -0.4 is 5.43 Å². The Morgan fingerprint density at radius 3 is 2.77 bits per heavy atom. The van der Waals surface area contributed by atoms with Gasteiger partial charge in [-0.1, -0.05) is 26.2 Å². The molecule has 2 atom stereocenters. The van der Waals surface area contributed by atoms with E-state index in [1.54, 1.807) is 12.1 Å². The lowest BCUT2D eigenvalue weighted by Gasteiger charge is -1.99. The van der Waals surface area contributed by atoms with Gasteiger partial charge in [0.2, 0.25) is 5.91 Å². The minimum absolute atomic E-state index is 0.0281. The van der Waals surface area contributed by atoms with Gasteiger partial charge in [-0.15, -0.1) is 0 Å². The topological polar surface area (TPSA) is 84.6 Å². The first kappa shape index (κ1) is 16.1. The predicted molar refractivity (Wildman–Crippen MR) is 84.6 cm³/mol. The molecule has 118 valence electrons. The number of carbonyl (C=O) groups excluding carboxylic acids is 1. The lowest BCUT2D eigenvalue weighted by Crippen LogP contribution is -2.20. The molecule has 1 saturated carbocycles. The van der Waals surface area contributed by atoms with Gasteiger partial charge in [-0.05, 0) is 36.5 Å². The molecular formula is C16H21N3O3. The van der Waals surface area contributed by atoms with Crippen molar-refractivity contribution in [2.75, 3.05) is 0 Å². The molecule has 1 aromatic rings. The second-order valence-corrected chi connectivity index (χ2v) is 5.68. The molecule has 1 aromatic carbocycles. The zero-order valence-electron chi connectivity index (χ0n) is 12.7. The zero-order valence-corrected chi connectivity index (χ0v) is 12.7. The van der Waals surface area contributed by atoms with E-state index in [9.17, 15) is 14.9 Å². The summed E-state index contributed by atoms with van der Waals surface area (Å²) in [7, 11) is 0. The van der Waals surface area contributed by atoms with Gasteiger partial charge in [-0.25, -0.2) is 5.43 Å². The molecule has 0 aromatic heterocycles. The largest absolute Gasteiger partial charge is 0.273 e. The van der Waals surface area contributed by atoms with Gasteiger partial charge in [0.15, 0.2) is 0 Å². The number of hydrogen-bond donors (Lipinski definition) is 1. The van der Waals surface area contributed by atoms with Crippen LogP contribution in [0.15, 0.2) is 29.4 Å². The Hall–Kier alpha value is -2.24. The zero-order chi connectivity index (χ0) is 15.9. The number of hydrazone groups is 1. The van der Waals surface area contributed by atoms with Gasteiger partial charge >= 0.3 is 0 Å². The van der Waals surface area contributed by atoms with Crippen molar-refractivity contribution in [3.05, 3.63) is 39.9 Å². The summed E-state index contributed by atoms with van der Waals surface area (Å²) in [6.07, 6.45) is 7.19. The van der Waals surface area contributed by atoms with Crippen molar-refractivity contribution in [3.8, 4) is 0 Å². The first-order valence-corrected chi connectivity index (χ1v) is 7.69. The molecule has 22 heavy (non-hydrogen) atoms. The van der Waals surface area contributed by atoms with Crippen LogP contribution in [0, 0.1) is 22.0 Å². The van der Waals surface area contributed by atoms with Crippen LogP contribution in [0.5, 0.6) is 0 Å². The number of nitrogens with zero attached hydrogens (tertiary/aromatic N) is 2. The van der Waals surface area contributed by atoms with Crippen LogP contribution in [0.2, 0.25) is 0 Å². The van der Waals surface area contributed by atoms with E-state index in [4.69, 9.17) is 0 Å². The third-order valence-corrected chi connectivity index (χ3v) is 3.93. The molecule has 1 aliphatic rings. The van der Waals surface area contributed by atoms with Gasteiger partial charge < -0.3 is 0 Å². The van der Waals surface area contributed by atoms with Crippen LogP contribution in [0.3, 0.4) is 0 Å². The van der Waals surface area contributed by atoms with Crippen molar-refractivity contribution in [3.63, 3.8) is 0 Å². The highest BCUT2D eigenvalue weighted by Crippen LogP contribution is 2.42. The molecule has 0 saturated heterocycles. The molecule has 1 aliphatic carbocycles. The van der Waals surface area contributed by atoms with E-state index >= 15 is 0 Å². The summed E-state index contributed by atoms with van der Waals surface area (Å²) in [6, 6.07) is 6.01. The van der Waals surface area contributed by atoms with Crippen LogP contribution in [0.4, 0.5) is 5.69 Å². The molecule has 0 bridgehead atoms. The summed E-state index contributed by atoms with van der Waals surface area (Å²) < 4.78 is 0. The standard InChI is InChI=1S/C16H21N3O3/c1-2-3-4-5-13-10-15(13)16(20)18-17-11-12-6-8-14(9-7-12)19(21)22/h6-9,11,13,15H,2-5,10H2,1H3,(H,18,20)/b17-11-/t13-,15+/m0/s1. The van der Waals surface area contributed by atoms with Crippen LogP contribution in [0.25, 0.3) is 0 Å². The van der Waals surface area contributed by atoms with Crippen molar-refractivity contribution in [1.29, 1.82) is 0 Å². The second-order valence-electron chi connectivity index (χ2n) is 5.68. The molecule has 0 aliphatic heterocycles. The number of nitrogens with one attached hydrogen (secondary N) is 1. The Bertz CT molecular complexity index is 554. The van der Waals surface area contributed by atoms with E-state index < -0.39 is 4.92 Å². The average molecular weight is 303 g/mol. The quantitative estimate of drug-likeness (QED) is 0.346. The fourth-order valence-electron chi connectivity index (χ4n) is 2.48. The van der Waals surface area contributed by atoms with Crippen LogP contribution in [0.1, 0.15) is 44.6 Å². The van der Waals surface area contributed by atoms with Gasteiger partial charge in [0.1, 0.15) is 0 Å². The number of hydrogen-bond acceptors (Lipinski definition) is 4. The first-order valence-electron chi connectivity index (χ1n) is 7.69. The van der Waals surface area contributed by atoms with E-state index in [2.05, 4.69) is 17.5 Å². The Morgan fingerprint density at radius 1 is 1.41 bits per heavy atom.